The third-order valence-corrected chi connectivity index (χ3v) is 10.5. The van der Waals surface area contributed by atoms with Crippen molar-refractivity contribution in [3.63, 3.8) is 0 Å². The molecule has 0 N–H and O–H groups in total. The maximum absolute atomic E-state index is 5.69. The Labute approximate surface area is 336 Å². The van der Waals surface area contributed by atoms with Crippen LogP contribution in [-0.2, 0) is 36.0 Å². The fourth-order valence-electron chi connectivity index (χ4n) is 7.39. The van der Waals surface area contributed by atoms with E-state index in [1.807, 2.05) is 24.4 Å². The number of aryl methyl sites for hydroxylation is 2. The van der Waals surface area contributed by atoms with E-state index in [0.717, 1.165) is 51.0 Å². The second-order valence-electron chi connectivity index (χ2n) is 18.1. The number of rotatable bonds is 3. The second-order valence-corrected chi connectivity index (χ2v) is 18.1. The summed E-state index contributed by atoms with van der Waals surface area (Å²) >= 11 is 0. The van der Waals surface area contributed by atoms with Crippen LogP contribution in [0.25, 0.3) is 0 Å². The molecule has 7 rings (SSSR count). The molecule has 1 aliphatic heterocycles. The first-order valence-electron chi connectivity index (χ1n) is 18.9. The van der Waals surface area contributed by atoms with Crippen LogP contribution in [-0.4, -0.2) is 19.9 Å². The molecule has 2 atom stereocenters. The Kier molecular flexibility index (Phi) is 10.7. The molecule has 0 radical (unpaired) electrons. The molecule has 5 heterocycles. The number of hydrogen-bond acceptors (Lipinski definition) is 4. The zero-order valence-corrected chi connectivity index (χ0v) is 36.2. The van der Waals surface area contributed by atoms with Gasteiger partial charge in [-0.15, -0.1) is 11.1 Å². The van der Waals surface area contributed by atoms with Crippen LogP contribution in [0.15, 0.2) is 97.2 Å². The minimum Gasteiger partial charge on any atom is -0.260 e. The summed E-state index contributed by atoms with van der Waals surface area (Å²) in [4.78, 5) is 22.0. The minimum atomic E-state index is -0.307. The van der Waals surface area contributed by atoms with E-state index in [2.05, 4.69) is 161 Å². The van der Waals surface area contributed by atoms with E-state index in [1.54, 1.807) is 0 Å². The number of aromatic nitrogens is 4. The number of pyridine rings is 4. The van der Waals surface area contributed by atoms with Crippen molar-refractivity contribution in [2.45, 2.75) is 110 Å². The van der Waals surface area contributed by atoms with E-state index >= 15 is 0 Å². The molecule has 2 unspecified atom stereocenters. The molecule has 0 saturated heterocycles. The standard InChI is InChI=1S/C49H52N4.Os/c1-30-16-14-18-32(22-30)44-38-24-34(47(3,4)5)25-39(51-38)45(33-19-15-17-31(2)23-33)41-27-36(49(9,10)11)29-43(53-41)46(37-20-12-13-21-50-37)42-28-35(48(6,7)8)26-40(44)52-42;/h12-17,20-29,44-46H,1-11H3;/q-2;+2. The van der Waals surface area contributed by atoms with E-state index in [9.17, 15) is 0 Å². The molecule has 4 aromatic heterocycles. The molecular weight excluding hydrogens is 835 g/mol. The first-order valence-corrected chi connectivity index (χ1v) is 18.9. The molecule has 0 amide bonds. The normalized spacial score (nSPS) is 17.2. The predicted molar refractivity (Wildman–Crippen MR) is 216 cm³/mol. The van der Waals surface area contributed by atoms with Crippen molar-refractivity contribution in [1.29, 1.82) is 0 Å². The summed E-state index contributed by atoms with van der Waals surface area (Å²) in [5.74, 6) is -0.836. The predicted octanol–water partition coefficient (Wildman–Crippen LogP) is 11.2. The minimum absolute atomic E-state index is 0. The zero-order valence-electron chi connectivity index (χ0n) is 33.6. The molecule has 0 aliphatic carbocycles. The number of benzene rings is 2. The van der Waals surface area contributed by atoms with E-state index in [-0.39, 0.29) is 53.8 Å². The van der Waals surface area contributed by atoms with Gasteiger partial charge in [-0.25, -0.2) is 0 Å². The van der Waals surface area contributed by atoms with E-state index in [1.165, 1.54) is 27.8 Å². The monoisotopic (exact) mass is 888 g/mol. The van der Waals surface area contributed by atoms with Gasteiger partial charge in [0.25, 0.3) is 0 Å². The fraction of sp³-hybridized carbons (Fsp3) is 0.347. The molecule has 276 valence electrons. The van der Waals surface area contributed by atoms with Crippen LogP contribution in [0.2, 0.25) is 0 Å². The van der Waals surface area contributed by atoms with Crippen molar-refractivity contribution < 1.29 is 19.8 Å². The van der Waals surface area contributed by atoms with Gasteiger partial charge in [0.05, 0.1) is 45.8 Å². The summed E-state index contributed by atoms with van der Waals surface area (Å²) in [5.41, 5.74) is 14.2. The molecule has 2 aromatic carbocycles. The molecule has 5 heteroatoms. The van der Waals surface area contributed by atoms with Crippen LogP contribution >= 0.6 is 0 Å². The molecule has 6 bridgehead atoms. The first-order chi connectivity index (χ1) is 25.0. The van der Waals surface area contributed by atoms with E-state index in [0.29, 0.717) is 0 Å². The molecular formula is C49H52N4Os. The third kappa shape index (κ3) is 8.04. The van der Waals surface area contributed by atoms with Gasteiger partial charge >= 0.3 is 19.8 Å². The van der Waals surface area contributed by atoms with Crippen molar-refractivity contribution in [3.05, 3.63) is 188 Å². The molecule has 0 spiro atoms. The molecule has 1 aliphatic rings. The van der Waals surface area contributed by atoms with Crippen LogP contribution in [0.5, 0.6) is 0 Å². The van der Waals surface area contributed by atoms with E-state index < -0.39 is 0 Å². The SMILES string of the molecule is Cc1cc[c-]c(C2c3cc(C(C)(C)C)cc(n3)C(c3[c-]ccc(C)c3)c3cc(C(C)(C)C)cc(n3)C(c3ccccn3)c3cc(C(C)(C)C)cc2n3)c1.[Os+2]. The largest absolute Gasteiger partial charge is 2.00 e. The summed E-state index contributed by atoms with van der Waals surface area (Å²) in [7, 11) is 0. The first kappa shape index (κ1) is 39.4. The van der Waals surface area contributed by atoms with Crippen molar-refractivity contribution in [1.82, 2.24) is 19.9 Å². The Hall–Kier alpha value is -4.32. The summed E-state index contributed by atoms with van der Waals surface area (Å²) in [6.07, 6.45) is 1.88. The van der Waals surface area contributed by atoms with Gasteiger partial charge in [-0.2, -0.15) is 59.7 Å². The third-order valence-electron chi connectivity index (χ3n) is 10.5. The molecule has 6 aromatic rings. The second kappa shape index (κ2) is 14.7. The molecule has 0 saturated carbocycles. The van der Waals surface area contributed by atoms with Crippen LogP contribution in [0.1, 0.15) is 159 Å². The van der Waals surface area contributed by atoms with Gasteiger partial charge in [0.2, 0.25) is 0 Å². The van der Waals surface area contributed by atoms with Gasteiger partial charge in [-0.05, 0) is 81.5 Å². The van der Waals surface area contributed by atoms with E-state index in [4.69, 9.17) is 19.9 Å². The smallest absolute Gasteiger partial charge is 0.260 e. The van der Waals surface area contributed by atoms with Crippen LogP contribution < -0.4 is 0 Å². The van der Waals surface area contributed by atoms with Crippen LogP contribution in [0.4, 0.5) is 0 Å². The molecule has 54 heavy (non-hydrogen) atoms. The summed E-state index contributed by atoms with van der Waals surface area (Å²) in [6, 6.07) is 40.0. The number of nitrogens with zero attached hydrogens (tertiary/aromatic N) is 4. The van der Waals surface area contributed by atoms with Crippen molar-refractivity contribution in [2.24, 2.45) is 0 Å². The summed E-state index contributed by atoms with van der Waals surface area (Å²) < 4.78 is 0. The zero-order chi connectivity index (χ0) is 37.9. The Morgan fingerprint density at radius 2 is 0.796 bits per heavy atom. The Morgan fingerprint density at radius 3 is 1.09 bits per heavy atom. The van der Waals surface area contributed by atoms with Crippen molar-refractivity contribution in [3.8, 4) is 0 Å². The van der Waals surface area contributed by atoms with Gasteiger partial charge in [-0.1, -0.05) is 82.2 Å². The van der Waals surface area contributed by atoms with Crippen molar-refractivity contribution >= 4 is 0 Å². The molecule has 0 fully saturated rings. The Bertz CT molecular complexity index is 2160. The number of hydrogen-bond donors (Lipinski definition) is 0. The van der Waals surface area contributed by atoms with Crippen LogP contribution in [0, 0.1) is 26.0 Å². The summed E-state index contributed by atoms with van der Waals surface area (Å²) in [5, 5.41) is 0. The quantitative estimate of drug-likeness (QED) is 0.166. The van der Waals surface area contributed by atoms with Gasteiger partial charge in [0.15, 0.2) is 0 Å². The fourth-order valence-corrected chi connectivity index (χ4v) is 7.39. The van der Waals surface area contributed by atoms with Gasteiger partial charge in [0.1, 0.15) is 0 Å². The average molecular weight is 887 g/mol. The van der Waals surface area contributed by atoms with Crippen molar-refractivity contribution in [2.75, 3.05) is 0 Å². The molecule has 4 nitrogen and oxygen atoms in total. The maximum atomic E-state index is 5.69. The van der Waals surface area contributed by atoms with Gasteiger partial charge in [0, 0.05) is 18.0 Å². The van der Waals surface area contributed by atoms with Gasteiger partial charge in [-0.3, -0.25) is 19.9 Å². The Morgan fingerprint density at radius 1 is 0.444 bits per heavy atom. The number of fused-ring (bicyclic) bond motifs is 6. The summed E-state index contributed by atoms with van der Waals surface area (Å²) in [6.45, 7) is 24.8. The van der Waals surface area contributed by atoms with Gasteiger partial charge < -0.3 is 0 Å². The van der Waals surface area contributed by atoms with Crippen LogP contribution in [0.3, 0.4) is 0 Å². The Balaban J connectivity index is 0.00000497. The topological polar surface area (TPSA) is 51.6 Å². The maximum Gasteiger partial charge on any atom is 2.00 e. The average Bonchev–Trinajstić information content (AvgIpc) is 3.08.